The number of aromatic carboxylic acids is 1. The zero-order chi connectivity index (χ0) is 17.2. The number of ether oxygens (including phenoxy) is 1. The minimum atomic E-state index is -0.962. The fourth-order valence-corrected chi connectivity index (χ4v) is 3.87. The summed E-state index contributed by atoms with van der Waals surface area (Å²) in [4.78, 5) is 16.1. The summed E-state index contributed by atoms with van der Waals surface area (Å²) >= 11 is 0. The number of nitrogens with zero attached hydrogens (tertiary/aromatic N) is 3. The molecule has 2 fully saturated rings. The molecule has 3 heterocycles. The van der Waals surface area contributed by atoms with Gasteiger partial charge in [-0.1, -0.05) is 30.3 Å². The zero-order valence-electron chi connectivity index (χ0n) is 14.0. The van der Waals surface area contributed by atoms with Crippen LogP contribution in [-0.2, 0) is 11.3 Å². The molecule has 2 aliphatic rings. The number of carboxylic acids is 1. The molecule has 132 valence electrons. The zero-order valence-corrected chi connectivity index (χ0v) is 14.0. The second kappa shape index (κ2) is 6.95. The molecule has 0 unspecified atom stereocenters. The molecule has 1 aromatic heterocycles. The summed E-state index contributed by atoms with van der Waals surface area (Å²) in [6.07, 6.45) is 1.61. The van der Waals surface area contributed by atoms with Crippen molar-refractivity contribution in [2.75, 3.05) is 32.8 Å². The van der Waals surface area contributed by atoms with Crippen molar-refractivity contribution in [2.45, 2.75) is 18.6 Å². The van der Waals surface area contributed by atoms with Crippen LogP contribution in [0, 0.1) is 0 Å². The Balaban J connectivity index is 1.45. The summed E-state index contributed by atoms with van der Waals surface area (Å²) in [6.45, 7) is 4.77. The molecule has 0 radical (unpaired) electrons. The second-order valence-electron chi connectivity index (χ2n) is 6.67. The van der Waals surface area contributed by atoms with Crippen LogP contribution in [-0.4, -0.2) is 70.0 Å². The molecule has 0 aliphatic carbocycles. The van der Waals surface area contributed by atoms with Crippen LogP contribution >= 0.6 is 0 Å². The number of carbonyl (C=O) groups is 1. The van der Waals surface area contributed by atoms with Gasteiger partial charge in [0.1, 0.15) is 5.69 Å². The Kier molecular flexibility index (Phi) is 4.52. The number of rotatable bonds is 4. The predicted octanol–water partition coefficient (Wildman–Crippen LogP) is 1.37. The molecule has 2 aliphatic heterocycles. The summed E-state index contributed by atoms with van der Waals surface area (Å²) in [7, 11) is 0. The molecule has 0 saturated carbocycles. The van der Waals surface area contributed by atoms with Crippen LogP contribution in [0.4, 0.5) is 0 Å². The van der Waals surface area contributed by atoms with Crippen molar-refractivity contribution in [3.8, 4) is 0 Å². The molecule has 2 atom stereocenters. The number of piperazine rings is 1. The molecule has 0 bridgehead atoms. The normalized spacial score (nSPS) is 24.8. The van der Waals surface area contributed by atoms with E-state index < -0.39 is 5.97 Å². The minimum Gasteiger partial charge on any atom is -0.477 e. The first-order valence-corrected chi connectivity index (χ1v) is 8.58. The van der Waals surface area contributed by atoms with Crippen molar-refractivity contribution in [1.82, 2.24) is 20.0 Å². The van der Waals surface area contributed by atoms with E-state index in [-0.39, 0.29) is 5.69 Å². The standard InChI is InChI=1S/C18H22N4O3/c23-18(24)17-14(8-19-20-17)9-21-6-7-22-15(10-21)11-25-12-16(22)13-4-2-1-3-5-13/h1-5,8,15-16H,6-7,9-12H2,(H,19,20)(H,23,24)/t15-,16-/m1/s1. The molecule has 7 nitrogen and oxygen atoms in total. The van der Waals surface area contributed by atoms with Gasteiger partial charge in [0.2, 0.25) is 0 Å². The highest BCUT2D eigenvalue weighted by Crippen LogP contribution is 2.30. The molecule has 0 spiro atoms. The quantitative estimate of drug-likeness (QED) is 0.873. The van der Waals surface area contributed by atoms with Crippen LogP contribution in [0.1, 0.15) is 27.7 Å². The van der Waals surface area contributed by atoms with Crippen LogP contribution in [0.5, 0.6) is 0 Å². The van der Waals surface area contributed by atoms with Crippen molar-refractivity contribution < 1.29 is 14.6 Å². The van der Waals surface area contributed by atoms with E-state index in [9.17, 15) is 9.90 Å². The van der Waals surface area contributed by atoms with E-state index in [1.165, 1.54) is 5.56 Å². The molecule has 2 aromatic rings. The van der Waals surface area contributed by atoms with Gasteiger partial charge in [0.25, 0.3) is 0 Å². The smallest absolute Gasteiger partial charge is 0.354 e. The van der Waals surface area contributed by atoms with Crippen LogP contribution in [0.3, 0.4) is 0 Å². The van der Waals surface area contributed by atoms with Gasteiger partial charge in [0, 0.05) is 37.8 Å². The molecule has 2 saturated heterocycles. The Morgan fingerprint density at radius 3 is 2.92 bits per heavy atom. The number of hydrogen-bond acceptors (Lipinski definition) is 5. The van der Waals surface area contributed by atoms with Crippen molar-refractivity contribution in [3.63, 3.8) is 0 Å². The van der Waals surface area contributed by atoms with Gasteiger partial charge in [-0.3, -0.25) is 14.9 Å². The van der Waals surface area contributed by atoms with E-state index in [1.807, 2.05) is 6.07 Å². The molecule has 4 rings (SSSR count). The Bertz CT molecular complexity index is 733. The SMILES string of the molecule is O=C(O)c1[nH]ncc1CN1CCN2[C@@H](COC[C@@H]2c2ccccc2)C1. The summed E-state index contributed by atoms with van der Waals surface area (Å²) in [5.41, 5.74) is 2.21. The molecule has 7 heteroatoms. The predicted molar refractivity (Wildman–Crippen MR) is 91.3 cm³/mol. The monoisotopic (exact) mass is 342 g/mol. The van der Waals surface area contributed by atoms with Crippen LogP contribution in [0.15, 0.2) is 36.5 Å². The lowest BCUT2D eigenvalue weighted by molar-refractivity contribution is -0.0836. The number of fused-ring (bicyclic) bond motifs is 1. The largest absolute Gasteiger partial charge is 0.477 e. The molecular weight excluding hydrogens is 320 g/mol. The van der Waals surface area contributed by atoms with Gasteiger partial charge >= 0.3 is 5.97 Å². The van der Waals surface area contributed by atoms with Gasteiger partial charge < -0.3 is 9.84 Å². The molecule has 0 amide bonds. The van der Waals surface area contributed by atoms with E-state index in [1.54, 1.807) is 6.20 Å². The summed E-state index contributed by atoms with van der Waals surface area (Å²) < 4.78 is 5.87. The number of benzene rings is 1. The Labute approximate surface area is 146 Å². The highest BCUT2D eigenvalue weighted by molar-refractivity contribution is 5.86. The van der Waals surface area contributed by atoms with Gasteiger partial charge in [0.15, 0.2) is 0 Å². The third-order valence-corrected chi connectivity index (χ3v) is 5.11. The van der Waals surface area contributed by atoms with Gasteiger partial charge in [-0.15, -0.1) is 0 Å². The molecule has 2 N–H and O–H groups in total. The van der Waals surface area contributed by atoms with E-state index >= 15 is 0 Å². The highest BCUT2D eigenvalue weighted by atomic mass is 16.5. The highest BCUT2D eigenvalue weighted by Gasteiger charge is 2.36. The van der Waals surface area contributed by atoms with Gasteiger partial charge in [-0.05, 0) is 5.56 Å². The van der Waals surface area contributed by atoms with E-state index in [2.05, 4.69) is 44.3 Å². The topological polar surface area (TPSA) is 81.7 Å². The second-order valence-corrected chi connectivity index (χ2v) is 6.67. The molecular formula is C18H22N4O3. The van der Waals surface area contributed by atoms with Crippen molar-refractivity contribution in [3.05, 3.63) is 53.3 Å². The van der Waals surface area contributed by atoms with Crippen LogP contribution < -0.4 is 0 Å². The number of H-pyrrole nitrogens is 1. The van der Waals surface area contributed by atoms with Crippen LogP contribution in [0.2, 0.25) is 0 Å². The Morgan fingerprint density at radius 2 is 2.12 bits per heavy atom. The van der Waals surface area contributed by atoms with Crippen molar-refractivity contribution >= 4 is 5.97 Å². The maximum absolute atomic E-state index is 11.2. The lowest BCUT2D eigenvalue weighted by Crippen LogP contribution is -2.58. The van der Waals surface area contributed by atoms with Crippen molar-refractivity contribution in [2.24, 2.45) is 0 Å². The lowest BCUT2D eigenvalue weighted by atomic mass is 10.00. The first-order valence-electron chi connectivity index (χ1n) is 8.58. The number of nitrogens with one attached hydrogen (secondary N) is 1. The first-order chi connectivity index (χ1) is 12.2. The van der Waals surface area contributed by atoms with Gasteiger partial charge in [0.05, 0.1) is 25.5 Å². The Hall–Kier alpha value is -2.22. The van der Waals surface area contributed by atoms with E-state index in [0.29, 0.717) is 18.6 Å². The third-order valence-electron chi connectivity index (χ3n) is 5.11. The first kappa shape index (κ1) is 16.3. The molecule has 25 heavy (non-hydrogen) atoms. The Morgan fingerprint density at radius 1 is 1.28 bits per heavy atom. The number of aromatic nitrogens is 2. The summed E-state index contributed by atoms with van der Waals surface area (Å²) in [6, 6.07) is 11.1. The number of hydrogen-bond donors (Lipinski definition) is 2. The number of aromatic amines is 1. The average Bonchev–Trinajstić information content (AvgIpc) is 3.10. The maximum Gasteiger partial charge on any atom is 0.354 e. The van der Waals surface area contributed by atoms with Crippen molar-refractivity contribution in [1.29, 1.82) is 0 Å². The summed E-state index contributed by atoms with van der Waals surface area (Å²) in [5, 5.41) is 15.7. The summed E-state index contributed by atoms with van der Waals surface area (Å²) in [5.74, 6) is -0.962. The van der Waals surface area contributed by atoms with E-state index in [0.717, 1.165) is 38.4 Å². The lowest BCUT2D eigenvalue weighted by Gasteiger charge is -2.48. The van der Waals surface area contributed by atoms with Crippen LogP contribution in [0.25, 0.3) is 0 Å². The number of carboxylic acid groups (broad SMARTS) is 1. The fourth-order valence-electron chi connectivity index (χ4n) is 3.87. The third kappa shape index (κ3) is 3.30. The fraction of sp³-hybridized carbons (Fsp3) is 0.444. The number of morpholine rings is 1. The maximum atomic E-state index is 11.2. The minimum absolute atomic E-state index is 0.185. The molecule has 1 aromatic carbocycles. The van der Waals surface area contributed by atoms with Gasteiger partial charge in [-0.25, -0.2) is 4.79 Å². The van der Waals surface area contributed by atoms with E-state index in [4.69, 9.17) is 4.74 Å². The average molecular weight is 342 g/mol. The van der Waals surface area contributed by atoms with Gasteiger partial charge in [-0.2, -0.15) is 5.10 Å².